The van der Waals surface area contributed by atoms with E-state index in [0.29, 0.717) is 16.8 Å². The Kier molecular flexibility index (Phi) is 5.80. The molecule has 0 atom stereocenters. The molecule has 4 aromatic rings. The van der Waals surface area contributed by atoms with Crippen LogP contribution in [0.1, 0.15) is 11.4 Å². The minimum absolute atomic E-state index is 0.0533. The standard InChI is InChI=1S/C19H14ClF3N8O2/c1-30-14(17(28-29-30)13-3-4-15(27-26-13)19(21,22)23)9-31-16(32)6-11(8-25-31)10-5-12(20)18(33-2)24-7-10/h3-8H,9H2,1-2H3. The maximum atomic E-state index is 12.8. The number of aryl methyl sites for hydroxylation is 1. The molecule has 0 radical (unpaired) electrons. The minimum atomic E-state index is -4.61. The van der Waals surface area contributed by atoms with E-state index in [2.05, 4.69) is 30.6 Å². The van der Waals surface area contributed by atoms with Crippen LogP contribution in [-0.4, -0.2) is 47.1 Å². The third kappa shape index (κ3) is 4.53. The summed E-state index contributed by atoms with van der Waals surface area (Å²) in [5.74, 6) is 0.254. The number of ether oxygens (including phenoxy) is 1. The number of alkyl halides is 3. The number of methoxy groups -OCH3 is 1. The van der Waals surface area contributed by atoms with Gasteiger partial charge >= 0.3 is 6.18 Å². The number of hydrogen-bond donors (Lipinski definition) is 0. The van der Waals surface area contributed by atoms with Crippen molar-refractivity contribution in [2.24, 2.45) is 7.05 Å². The highest BCUT2D eigenvalue weighted by Crippen LogP contribution is 2.29. The molecule has 4 aromatic heterocycles. The molecule has 0 saturated heterocycles. The maximum absolute atomic E-state index is 12.8. The molecule has 0 spiro atoms. The van der Waals surface area contributed by atoms with Crippen LogP contribution in [0.2, 0.25) is 5.02 Å². The average Bonchev–Trinajstić information content (AvgIpc) is 3.14. The van der Waals surface area contributed by atoms with E-state index in [4.69, 9.17) is 16.3 Å². The molecular weight excluding hydrogens is 465 g/mol. The summed E-state index contributed by atoms with van der Waals surface area (Å²) >= 11 is 6.09. The van der Waals surface area contributed by atoms with Crippen LogP contribution in [-0.2, 0) is 19.8 Å². The van der Waals surface area contributed by atoms with Crippen molar-refractivity contribution in [2.75, 3.05) is 7.11 Å². The number of hydrogen-bond acceptors (Lipinski definition) is 8. The molecule has 33 heavy (non-hydrogen) atoms. The van der Waals surface area contributed by atoms with Gasteiger partial charge < -0.3 is 4.74 Å². The highest BCUT2D eigenvalue weighted by Gasteiger charge is 2.33. The number of halogens is 4. The van der Waals surface area contributed by atoms with Crippen LogP contribution in [0.3, 0.4) is 0 Å². The zero-order chi connectivity index (χ0) is 23.8. The van der Waals surface area contributed by atoms with E-state index >= 15 is 0 Å². The van der Waals surface area contributed by atoms with Crippen LogP contribution >= 0.6 is 11.6 Å². The fourth-order valence-corrected chi connectivity index (χ4v) is 3.19. The second-order valence-corrected chi connectivity index (χ2v) is 7.17. The molecular formula is C19H14ClF3N8O2. The summed E-state index contributed by atoms with van der Waals surface area (Å²) in [4.78, 5) is 16.8. The molecule has 0 aliphatic heterocycles. The van der Waals surface area contributed by atoms with Crippen LogP contribution in [0.15, 0.2) is 41.5 Å². The summed E-state index contributed by atoms with van der Waals surface area (Å²) in [5, 5.41) is 19.1. The van der Waals surface area contributed by atoms with Crippen molar-refractivity contribution in [3.05, 3.63) is 63.4 Å². The SMILES string of the molecule is COc1ncc(-c2cnn(Cc3c(-c4ccc(C(F)(F)F)nn4)nnn3C)c(=O)c2)cc1Cl. The fourth-order valence-electron chi connectivity index (χ4n) is 2.95. The lowest BCUT2D eigenvalue weighted by Crippen LogP contribution is -2.24. The Bertz CT molecular complexity index is 1370. The highest BCUT2D eigenvalue weighted by atomic mass is 35.5. The molecule has 0 aromatic carbocycles. The van der Waals surface area contributed by atoms with Crippen LogP contribution in [0.5, 0.6) is 5.88 Å². The van der Waals surface area contributed by atoms with Gasteiger partial charge in [0.25, 0.3) is 5.56 Å². The van der Waals surface area contributed by atoms with Gasteiger partial charge in [0.05, 0.1) is 25.5 Å². The summed E-state index contributed by atoms with van der Waals surface area (Å²) in [6.45, 7) is -0.0533. The Labute approximate surface area is 188 Å². The zero-order valence-corrected chi connectivity index (χ0v) is 17.8. The Morgan fingerprint density at radius 3 is 2.45 bits per heavy atom. The van der Waals surface area contributed by atoms with Crippen molar-refractivity contribution >= 4 is 11.6 Å². The first kappa shape index (κ1) is 22.3. The predicted molar refractivity (Wildman–Crippen MR) is 109 cm³/mol. The van der Waals surface area contributed by atoms with Crippen molar-refractivity contribution in [3.63, 3.8) is 0 Å². The van der Waals surface area contributed by atoms with Crippen LogP contribution < -0.4 is 10.3 Å². The molecule has 170 valence electrons. The van der Waals surface area contributed by atoms with Gasteiger partial charge in [0.15, 0.2) is 5.69 Å². The van der Waals surface area contributed by atoms with E-state index in [-0.39, 0.29) is 28.8 Å². The molecule has 0 unspecified atom stereocenters. The first-order chi connectivity index (χ1) is 15.7. The molecule has 4 rings (SSSR count). The number of pyridine rings is 1. The number of rotatable bonds is 5. The average molecular weight is 479 g/mol. The van der Waals surface area contributed by atoms with Crippen molar-refractivity contribution in [1.82, 2.24) is 40.0 Å². The Morgan fingerprint density at radius 1 is 1.09 bits per heavy atom. The Hall–Kier alpha value is -3.87. The lowest BCUT2D eigenvalue weighted by Gasteiger charge is -2.09. The lowest BCUT2D eigenvalue weighted by atomic mass is 10.1. The fraction of sp³-hybridized carbons (Fsp3) is 0.211. The second-order valence-electron chi connectivity index (χ2n) is 6.77. The largest absolute Gasteiger partial charge is 0.480 e. The van der Waals surface area contributed by atoms with Gasteiger partial charge in [-0.3, -0.25) is 4.79 Å². The third-order valence-electron chi connectivity index (χ3n) is 4.64. The van der Waals surface area contributed by atoms with Gasteiger partial charge in [-0.25, -0.2) is 14.3 Å². The van der Waals surface area contributed by atoms with Gasteiger partial charge in [0.1, 0.15) is 16.4 Å². The Balaban J connectivity index is 1.63. The van der Waals surface area contributed by atoms with Gasteiger partial charge in [-0.15, -0.1) is 15.3 Å². The summed E-state index contributed by atoms with van der Waals surface area (Å²) in [6.07, 6.45) is -1.65. The molecule has 0 saturated carbocycles. The van der Waals surface area contributed by atoms with Crippen molar-refractivity contribution in [3.8, 4) is 28.4 Å². The molecule has 0 aliphatic rings. The summed E-state index contributed by atoms with van der Waals surface area (Å²) < 4.78 is 45.8. The first-order valence-corrected chi connectivity index (χ1v) is 9.62. The predicted octanol–water partition coefficient (Wildman–Crippen LogP) is 2.62. The van der Waals surface area contributed by atoms with Crippen molar-refractivity contribution in [1.29, 1.82) is 0 Å². The molecule has 0 fully saturated rings. The van der Waals surface area contributed by atoms with Crippen molar-refractivity contribution < 1.29 is 17.9 Å². The van der Waals surface area contributed by atoms with Gasteiger partial charge in [0.2, 0.25) is 5.88 Å². The van der Waals surface area contributed by atoms with E-state index in [1.165, 1.54) is 30.3 Å². The maximum Gasteiger partial charge on any atom is 0.435 e. The summed E-state index contributed by atoms with van der Waals surface area (Å²) in [6, 6.07) is 4.89. The van der Waals surface area contributed by atoms with Gasteiger partial charge in [-0.2, -0.15) is 18.3 Å². The molecule has 0 aliphatic carbocycles. The highest BCUT2D eigenvalue weighted by molar-refractivity contribution is 6.32. The van der Waals surface area contributed by atoms with Gasteiger partial charge in [-0.1, -0.05) is 16.8 Å². The normalized spacial score (nSPS) is 11.6. The van der Waals surface area contributed by atoms with E-state index in [9.17, 15) is 18.0 Å². The smallest absolute Gasteiger partial charge is 0.435 e. The minimum Gasteiger partial charge on any atom is -0.480 e. The Morgan fingerprint density at radius 2 is 1.85 bits per heavy atom. The number of nitrogens with zero attached hydrogens (tertiary/aromatic N) is 8. The molecule has 0 N–H and O–H groups in total. The van der Waals surface area contributed by atoms with E-state index in [1.54, 1.807) is 13.1 Å². The topological polar surface area (TPSA) is 114 Å². The van der Waals surface area contributed by atoms with Crippen molar-refractivity contribution in [2.45, 2.75) is 12.7 Å². The monoisotopic (exact) mass is 478 g/mol. The number of aromatic nitrogens is 8. The molecule has 0 bridgehead atoms. The van der Waals surface area contributed by atoms with Crippen LogP contribution in [0, 0.1) is 0 Å². The van der Waals surface area contributed by atoms with E-state index in [1.807, 2.05) is 0 Å². The molecule has 4 heterocycles. The third-order valence-corrected chi connectivity index (χ3v) is 4.91. The molecule has 10 nitrogen and oxygen atoms in total. The lowest BCUT2D eigenvalue weighted by molar-refractivity contribution is -0.141. The van der Waals surface area contributed by atoms with Gasteiger partial charge in [-0.05, 0) is 18.2 Å². The van der Waals surface area contributed by atoms with Gasteiger partial charge in [0, 0.05) is 30.4 Å². The second kappa shape index (κ2) is 8.58. The van der Waals surface area contributed by atoms with E-state index in [0.717, 1.165) is 16.8 Å². The zero-order valence-electron chi connectivity index (χ0n) is 17.1. The summed E-state index contributed by atoms with van der Waals surface area (Å²) in [5.41, 5.74) is 0.159. The molecule has 14 heteroatoms. The quantitative estimate of drug-likeness (QED) is 0.430. The molecule has 0 amide bonds. The first-order valence-electron chi connectivity index (χ1n) is 9.24. The summed E-state index contributed by atoms with van der Waals surface area (Å²) in [7, 11) is 3.02. The van der Waals surface area contributed by atoms with E-state index < -0.39 is 17.4 Å². The van der Waals surface area contributed by atoms with Crippen LogP contribution in [0.25, 0.3) is 22.5 Å². The van der Waals surface area contributed by atoms with Crippen LogP contribution in [0.4, 0.5) is 13.2 Å².